The highest BCUT2D eigenvalue weighted by Crippen LogP contribution is 2.27. The first kappa shape index (κ1) is 16.2. The highest BCUT2D eigenvalue weighted by molar-refractivity contribution is 5.94. The zero-order chi connectivity index (χ0) is 17.3. The maximum Gasteiger partial charge on any atom is 0.317 e. The molecule has 0 aromatic carbocycles. The van der Waals surface area contributed by atoms with Crippen LogP contribution in [0, 0.1) is 0 Å². The lowest BCUT2D eigenvalue weighted by molar-refractivity contribution is -0.145. The van der Waals surface area contributed by atoms with Gasteiger partial charge in [-0.15, -0.1) is 0 Å². The summed E-state index contributed by atoms with van der Waals surface area (Å²) in [6.07, 6.45) is 6.68. The molecule has 3 fully saturated rings. The summed E-state index contributed by atoms with van der Waals surface area (Å²) < 4.78 is 11.6. The lowest BCUT2D eigenvalue weighted by atomic mass is 10.0. The second-order valence-electron chi connectivity index (χ2n) is 6.75. The summed E-state index contributed by atoms with van der Waals surface area (Å²) in [6.45, 7) is 1.90. The maximum absolute atomic E-state index is 12.4. The summed E-state index contributed by atoms with van der Waals surface area (Å²) >= 11 is 0. The van der Waals surface area contributed by atoms with Gasteiger partial charge in [0.15, 0.2) is 0 Å². The number of anilines is 1. The van der Waals surface area contributed by atoms with E-state index in [2.05, 4.69) is 15.3 Å². The van der Waals surface area contributed by atoms with Crippen molar-refractivity contribution < 1.29 is 19.1 Å². The Balaban J connectivity index is 1.52. The molecule has 0 unspecified atom stereocenters. The van der Waals surface area contributed by atoms with Crippen LogP contribution in [0.4, 0.5) is 10.5 Å². The number of rotatable bonds is 2. The van der Waals surface area contributed by atoms with Crippen LogP contribution in [0.25, 0.3) is 0 Å². The van der Waals surface area contributed by atoms with Crippen LogP contribution in [0.2, 0.25) is 0 Å². The third kappa shape index (κ3) is 3.57. The van der Waals surface area contributed by atoms with E-state index < -0.39 is 5.60 Å². The second-order valence-corrected chi connectivity index (χ2v) is 6.75. The van der Waals surface area contributed by atoms with E-state index in [-0.39, 0.29) is 18.5 Å². The molecular formula is C16H21N5O4. The van der Waals surface area contributed by atoms with Crippen molar-refractivity contribution >= 4 is 17.6 Å². The fourth-order valence-corrected chi connectivity index (χ4v) is 3.14. The normalized spacial score (nSPS) is 27.3. The molecule has 1 saturated carbocycles. The summed E-state index contributed by atoms with van der Waals surface area (Å²) in [5, 5.41) is 3.00. The van der Waals surface area contributed by atoms with Crippen LogP contribution in [-0.4, -0.2) is 77.9 Å². The third-order valence-electron chi connectivity index (χ3n) is 4.65. The molecule has 1 atom stereocenters. The summed E-state index contributed by atoms with van der Waals surface area (Å²) in [6, 6.07) is 0.196. The molecule has 1 aromatic heterocycles. The van der Waals surface area contributed by atoms with Gasteiger partial charge in [0.25, 0.3) is 5.91 Å². The summed E-state index contributed by atoms with van der Waals surface area (Å²) in [5.41, 5.74) is -0.130. The van der Waals surface area contributed by atoms with Gasteiger partial charge in [0, 0.05) is 12.6 Å². The van der Waals surface area contributed by atoms with E-state index >= 15 is 0 Å². The van der Waals surface area contributed by atoms with Gasteiger partial charge in [-0.1, -0.05) is 0 Å². The van der Waals surface area contributed by atoms with Crippen LogP contribution >= 0.6 is 0 Å². The molecule has 4 rings (SSSR count). The van der Waals surface area contributed by atoms with Crippen LogP contribution in [0.15, 0.2) is 18.7 Å². The Labute approximate surface area is 145 Å². The number of ether oxygens (including phenoxy) is 2. The van der Waals surface area contributed by atoms with Gasteiger partial charge in [-0.05, 0) is 12.8 Å². The third-order valence-corrected chi connectivity index (χ3v) is 4.65. The van der Waals surface area contributed by atoms with Crippen molar-refractivity contribution in [1.82, 2.24) is 20.2 Å². The lowest BCUT2D eigenvalue weighted by Crippen LogP contribution is -2.62. The topological polar surface area (TPSA) is 96.9 Å². The molecular weight excluding hydrogens is 326 g/mol. The molecule has 3 heterocycles. The van der Waals surface area contributed by atoms with Crippen LogP contribution in [0.5, 0.6) is 0 Å². The monoisotopic (exact) mass is 347 g/mol. The van der Waals surface area contributed by atoms with Gasteiger partial charge < -0.3 is 24.6 Å². The van der Waals surface area contributed by atoms with Crippen LogP contribution in [0.3, 0.4) is 0 Å². The number of amides is 3. The lowest BCUT2D eigenvalue weighted by Gasteiger charge is -2.42. The van der Waals surface area contributed by atoms with Gasteiger partial charge in [-0.2, -0.15) is 0 Å². The van der Waals surface area contributed by atoms with Crippen molar-refractivity contribution in [2.24, 2.45) is 0 Å². The number of hydrogen-bond donors (Lipinski definition) is 1. The summed E-state index contributed by atoms with van der Waals surface area (Å²) in [4.78, 5) is 36.0. The predicted molar refractivity (Wildman–Crippen MR) is 87.0 cm³/mol. The minimum Gasteiger partial charge on any atom is -0.376 e. The molecule has 0 radical (unpaired) electrons. The van der Waals surface area contributed by atoms with Crippen molar-refractivity contribution in [1.29, 1.82) is 0 Å². The van der Waals surface area contributed by atoms with E-state index in [4.69, 9.17) is 9.47 Å². The summed E-state index contributed by atoms with van der Waals surface area (Å²) in [7, 11) is 0. The molecule has 134 valence electrons. The molecule has 25 heavy (non-hydrogen) atoms. The Morgan fingerprint density at radius 2 is 2.08 bits per heavy atom. The number of morpholine rings is 1. The molecule has 0 bridgehead atoms. The average molecular weight is 347 g/mol. The van der Waals surface area contributed by atoms with E-state index in [0.29, 0.717) is 44.6 Å². The number of carbonyl (C=O) groups is 2. The Morgan fingerprint density at radius 1 is 1.28 bits per heavy atom. The molecule has 9 nitrogen and oxygen atoms in total. The van der Waals surface area contributed by atoms with E-state index in [9.17, 15) is 9.59 Å². The highest BCUT2D eigenvalue weighted by Gasteiger charge is 2.44. The molecule has 9 heteroatoms. The van der Waals surface area contributed by atoms with Crippen LogP contribution in [0.1, 0.15) is 12.8 Å². The van der Waals surface area contributed by atoms with Crippen molar-refractivity contribution in [2.75, 3.05) is 44.4 Å². The molecule has 1 aromatic rings. The van der Waals surface area contributed by atoms with E-state index in [1.807, 2.05) is 0 Å². The number of nitrogens with one attached hydrogen (secondary N) is 1. The fourth-order valence-electron chi connectivity index (χ4n) is 3.14. The van der Waals surface area contributed by atoms with Gasteiger partial charge >= 0.3 is 6.03 Å². The zero-order valence-electron chi connectivity index (χ0n) is 13.9. The van der Waals surface area contributed by atoms with Crippen molar-refractivity contribution in [3.8, 4) is 0 Å². The zero-order valence-corrected chi connectivity index (χ0v) is 13.9. The van der Waals surface area contributed by atoms with Crippen LogP contribution in [-0.2, 0) is 14.3 Å². The molecule has 1 N–H and O–H groups in total. The first-order valence-corrected chi connectivity index (χ1v) is 8.48. The fraction of sp³-hybridized carbons (Fsp3) is 0.625. The Bertz CT molecular complexity index is 653. The van der Waals surface area contributed by atoms with Gasteiger partial charge in [-0.25, -0.2) is 14.8 Å². The van der Waals surface area contributed by atoms with Gasteiger partial charge in [0.05, 0.1) is 44.4 Å². The molecule has 3 aliphatic rings. The van der Waals surface area contributed by atoms with Crippen LogP contribution < -0.4 is 10.2 Å². The minimum absolute atomic E-state index is 0.0592. The molecule has 2 aliphatic heterocycles. The first-order chi connectivity index (χ1) is 12.2. The number of carbonyl (C=O) groups excluding carboxylic acids is 2. The molecule has 1 aliphatic carbocycles. The Kier molecular flexibility index (Phi) is 4.26. The maximum atomic E-state index is 12.4. The first-order valence-electron chi connectivity index (χ1n) is 8.48. The number of nitrogens with zero attached hydrogens (tertiary/aromatic N) is 4. The van der Waals surface area contributed by atoms with Crippen molar-refractivity contribution in [3.05, 3.63) is 18.7 Å². The van der Waals surface area contributed by atoms with Gasteiger partial charge in [0.1, 0.15) is 18.5 Å². The number of aromatic nitrogens is 2. The van der Waals surface area contributed by atoms with Gasteiger partial charge in [-0.3, -0.25) is 4.79 Å². The second kappa shape index (κ2) is 6.57. The summed E-state index contributed by atoms with van der Waals surface area (Å²) in [5.74, 6) is -0.154. The largest absolute Gasteiger partial charge is 0.376 e. The quantitative estimate of drug-likeness (QED) is 0.795. The van der Waals surface area contributed by atoms with E-state index in [1.54, 1.807) is 22.2 Å². The SMILES string of the molecule is O=C(NC1CC1)N1CCOC[C@@]2(C1)CN(c1cncnc1)C(=O)CO2. The van der Waals surface area contributed by atoms with Crippen molar-refractivity contribution in [2.45, 2.75) is 24.5 Å². The standard InChI is InChI=1S/C16H21N5O4/c22-14-7-25-16(9-21(14)13-5-17-11-18-6-13)8-20(3-4-24-10-16)15(23)19-12-1-2-12/h5-6,11-12H,1-4,7-10H2,(H,19,23)/t16-/m1/s1. The Hall–Kier alpha value is -2.26. The number of urea groups is 1. The minimum atomic E-state index is -0.749. The van der Waals surface area contributed by atoms with Crippen molar-refractivity contribution in [3.63, 3.8) is 0 Å². The molecule has 3 amide bonds. The smallest absolute Gasteiger partial charge is 0.317 e. The van der Waals surface area contributed by atoms with Gasteiger partial charge in [0.2, 0.25) is 0 Å². The highest BCUT2D eigenvalue weighted by atomic mass is 16.6. The van der Waals surface area contributed by atoms with E-state index in [1.165, 1.54) is 6.33 Å². The average Bonchev–Trinajstić information content (AvgIpc) is 3.46. The predicted octanol–water partition coefficient (Wildman–Crippen LogP) is -0.217. The molecule has 2 saturated heterocycles. The van der Waals surface area contributed by atoms with E-state index in [0.717, 1.165) is 12.8 Å². The number of hydrogen-bond acceptors (Lipinski definition) is 6. The molecule has 1 spiro atoms. The Morgan fingerprint density at radius 3 is 2.84 bits per heavy atom.